The Labute approximate surface area is 121 Å². The molecule has 0 aromatic carbocycles. The van der Waals surface area contributed by atoms with Crippen LogP contribution in [0.4, 0.5) is 0 Å². The van der Waals surface area contributed by atoms with Crippen LogP contribution < -0.4 is 5.56 Å². The number of carbonyl (C=O) groups excluding carboxylic acids is 1. The molecule has 0 N–H and O–H groups in total. The molecule has 0 spiro atoms. The minimum Gasteiger partial charge on any atom is -0.338 e. The number of aryl methyl sites for hydroxylation is 1. The van der Waals surface area contributed by atoms with Gasteiger partial charge in [0.05, 0.1) is 6.20 Å². The number of carbonyl (C=O) groups is 1. The molecule has 3 rings (SSSR count). The molecule has 1 atom stereocenters. The molecule has 1 saturated heterocycles. The summed E-state index contributed by atoms with van der Waals surface area (Å²) < 4.78 is 2.61. The molecule has 21 heavy (non-hydrogen) atoms. The zero-order valence-corrected chi connectivity index (χ0v) is 12.2. The molecule has 1 amide bonds. The van der Waals surface area contributed by atoms with Gasteiger partial charge < -0.3 is 4.90 Å². The number of nitrogens with zero attached hydrogens (tertiary/aromatic N) is 6. The van der Waals surface area contributed by atoms with Gasteiger partial charge in [0.1, 0.15) is 11.9 Å². The molecule has 8 heteroatoms. The van der Waals surface area contributed by atoms with Crippen molar-refractivity contribution >= 4 is 16.9 Å². The number of amides is 1. The molecule has 1 aliphatic rings. The van der Waals surface area contributed by atoms with Crippen molar-refractivity contribution in [2.75, 3.05) is 6.54 Å². The average Bonchev–Trinajstić information content (AvgIpc) is 2.84. The molecular weight excluding hydrogens is 272 g/mol. The van der Waals surface area contributed by atoms with Crippen molar-refractivity contribution in [2.45, 2.75) is 38.8 Å². The van der Waals surface area contributed by atoms with E-state index in [0.29, 0.717) is 11.0 Å². The van der Waals surface area contributed by atoms with E-state index in [4.69, 9.17) is 0 Å². The van der Waals surface area contributed by atoms with Gasteiger partial charge in [-0.1, -0.05) is 5.21 Å². The monoisotopic (exact) mass is 290 g/mol. The summed E-state index contributed by atoms with van der Waals surface area (Å²) in [5.41, 5.74) is 0.0983. The van der Waals surface area contributed by atoms with Gasteiger partial charge in [-0.15, -0.1) is 5.10 Å². The van der Waals surface area contributed by atoms with Crippen LogP contribution in [0.25, 0.3) is 11.0 Å². The van der Waals surface area contributed by atoms with Gasteiger partial charge in [-0.25, -0.2) is 9.36 Å². The van der Waals surface area contributed by atoms with Gasteiger partial charge in [-0.2, -0.15) is 5.10 Å². The van der Waals surface area contributed by atoms with Crippen LogP contribution in [0.5, 0.6) is 0 Å². The van der Waals surface area contributed by atoms with E-state index in [1.807, 2.05) is 11.8 Å². The van der Waals surface area contributed by atoms with Crippen LogP contribution in [0.3, 0.4) is 0 Å². The minimum absolute atomic E-state index is 0.0684. The third kappa shape index (κ3) is 2.41. The molecule has 8 nitrogen and oxygen atoms in total. The lowest BCUT2D eigenvalue weighted by atomic mass is 10.0. The molecule has 1 unspecified atom stereocenters. The maximum atomic E-state index is 12.3. The highest BCUT2D eigenvalue weighted by Crippen LogP contribution is 2.16. The second kappa shape index (κ2) is 5.27. The smallest absolute Gasteiger partial charge is 0.281 e. The summed E-state index contributed by atoms with van der Waals surface area (Å²) in [6.07, 6.45) is 4.62. The van der Waals surface area contributed by atoms with Crippen molar-refractivity contribution < 1.29 is 4.79 Å². The Kier molecular flexibility index (Phi) is 3.44. The minimum atomic E-state index is -0.328. The van der Waals surface area contributed by atoms with Crippen LogP contribution in [-0.4, -0.2) is 48.2 Å². The van der Waals surface area contributed by atoms with Gasteiger partial charge in [-0.3, -0.25) is 9.59 Å². The summed E-state index contributed by atoms with van der Waals surface area (Å²) >= 11 is 0. The van der Waals surface area contributed by atoms with E-state index in [1.165, 1.54) is 10.9 Å². The lowest BCUT2D eigenvalue weighted by Crippen LogP contribution is -2.45. The van der Waals surface area contributed by atoms with Crippen LogP contribution in [0.15, 0.2) is 11.0 Å². The third-order valence-corrected chi connectivity index (χ3v) is 4.03. The van der Waals surface area contributed by atoms with Gasteiger partial charge >= 0.3 is 0 Å². The van der Waals surface area contributed by atoms with Crippen molar-refractivity contribution in [3.63, 3.8) is 0 Å². The Balaban J connectivity index is 1.86. The van der Waals surface area contributed by atoms with Crippen LogP contribution in [0, 0.1) is 0 Å². The highest BCUT2D eigenvalue weighted by molar-refractivity contribution is 5.77. The second-order valence-electron chi connectivity index (χ2n) is 5.49. The Hall–Kier alpha value is -2.25. The Morgan fingerprint density at radius 2 is 2.24 bits per heavy atom. The molecule has 112 valence electrons. The second-order valence-corrected chi connectivity index (χ2v) is 5.49. The van der Waals surface area contributed by atoms with Gasteiger partial charge in [0.15, 0.2) is 5.65 Å². The van der Waals surface area contributed by atoms with E-state index < -0.39 is 0 Å². The first kappa shape index (κ1) is 13.7. The molecule has 1 fully saturated rings. The molecule has 2 aromatic rings. The van der Waals surface area contributed by atoms with Gasteiger partial charge in [0.25, 0.3) is 5.56 Å². The number of hydrogen-bond acceptors (Lipinski definition) is 5. The first-order valence-corrected chi connectivity index (χ1v) is 7.13. The van der Waals surface area contributed by atoms with Gasteiger partial charge in [0.2, 0.25) is 5.91 Å². The fourth-order valence-corrected chi connectivity index (χ4v) is 2.77. The van der Waals surface area contributed by atoms with Crippen LogP contribution in [0.2, 0.25) is 0 Å². The maximum absolute atomic E-state index is 12.3. The molecule has 0 aliphatic carbocycles. The van der Waals surface area contributed by atoms with E-state index in [2.05, 4.69) is 15.4 Å². The fraction of sp³-hybridized carbons (Fsp3) is 0.615. The summed E-state index contributed by atoms with van der Waals surface area (Å²) in [4.78, 5) is 26.5. The van der Waals surface area contributed by atoms with Crippen molar-refractivity contribution in [1.29, 1.82) is 0 Å². The topological polar surface area (TPSA) is 85.9 Å². The lowest BCUT2D eigenvalue weighted by Gasteiger charge is -2.33. The van der Waals surface area contributed by atoms with E-state index in [-0.39, 0.29) is 24.1 Å². The molecule has 1 aliphatic heterocycles. The number of rotatable bonds is 2. The largest absolute Gasteiger partial charge is 0.338 e. The van der Waals surface area contributed by atoms with E-state index >= 15 is 0 Å². The predicted octanol–water partition coefficient (Wildman–Crippen LogP) is -0.0740. The van der Waals surface area contributed by atoms with Gasteiger partial charge in [0, 0.05) is 19.6 Å². The van der Waals surface area contributed by atoms with Crippen molar-refractivity contribution in [2.24, 2.45) is 7.05 Å². The summed E-state index contributed by atoms with van der Waals surface area (Å²) in [5.74, 6) is -0.0816. The lowest BCUT2D eigenvalue weighted by molar-refractivity contribution is -0.135. The van der Waals surface area contributed by atoms with Crippen molar-refractivity contribution in [3.05, 3.63) is 16.6 Å². The average molecular weight is 290 g/mol. The predicted molar refractivity (Wildman–Crippen MR) is 75.6 cm³/mol. The highest BCUT2D eigenvalue weighted by atomic mass is 16.2. The SMILES string of the molecule is CC1CCCCN1C(=O)Cn1nnc2c(cnn2C)c1=O. The van der Waals surface area contributed by atoms with Crippen LogP contribution in [0.1, 0.15) is 26.2 Å². The van der Waals surface area contributed by atoms with Crippen LogP contribution >= 0.6 is 0 Å². The first-order chi connectivity index (χ1) is 10.1. The Morgan fingerprint density at radius 3 is 3.00 bits per heavy atom. The summed E-state index contributed by atoms with van der Waals surface area (Å²) in [6, 6.07) is 0.219. The molecule has 3 heterocycles. The van der Waals surface area contributed by atoms with E-state index in [1.54, 1.807) is 7.05 Å². The van der Waals surface area contributed by atoms with Crippen molar-refractivity contribution in [1.82, 2.24) is 29.7 Å². The number of likely N-dealkylation sites (tertiary alicyclic amines) is 1. The fourth-order valence-electron chi connectivity index (χ4n) is 2.77. The first-order valence-electron chi connectivity index (χ1n) is 7.13. The quantitative estimate of drug-likeness (QED) is 0.772. The highest BCUT2D eigenvalue weighted by Gasteiger charge is 2.24. The number of aromatic nitrogens is 5. The zero-order valence-electron chi connectivity index (χ0n) is 12.2. The molecule has 0 bridgehead atoms. The summed E-state index contributed by atoms with van der Waals surface area (Å²) in [5, 5.41) is 12.2. The van der Waals surface area contributed by atoms with E-state index in [0.717, 1.165) is 30.5 Å². The van der Waals surface area contributed by atoms with Crippen LogP contribution in [-0.2, 0) is 18.4 Å². The molecular formula is C13H18N6O2. The summed E-state index contributed by atoms with van der Waals surface area (Å²) in [7, 11) is 1.70. The van der Waals surface area contributed by atoms with Gasteiger partial charge in [-0.05, 0) is 26.2 Å². The van der Waals surface area contributed by atoms with E-state index in [9.17, 15) is 9.59 Å². The zero-order chi connectivity index (χ0) is 15.0. The number of hydrogen-bond donors (Lipinski definition) is 0. The normalized spacial score (nSPS) is 19.1. The maximum Gasteiger partial charge on any atom is 0.281 e. The Bertz CT molecular complexity index is 734. The number of piperidine rings is 1. The summed E-state index contributed by atoms with van der Waals surface area (Å²) in [6.45, 7) is 2.72. The standard InChI is InChI=1S/C13H18N6O2/c1-9-5-3-4-6-18(9)11(20)8-19-13(21)10-7-14-17(2)12(10)15-16-19/h7,9H,3-6,8H2,1-2H3. The molecule has 2 aromatic heterocycles. The Morgan fingerprint density at radius 1 is 1.43 bits per heavy atom. The molecule has 0 saturated carbocycles. The number of fused-ring (bicyclic) bond motifs is 1. The van der Waals surface area contributed by atoms with Crippen molar-refractivity contribution in [3.8, 4) is 0 Å². The third-order valence-electron chi connectivity index (χ3n) is 4.03. The molecule has 0 radical (unpaired) electrons.